The third kappa shape index (κ3) is 7.74. The van der Waals surface area contributed by atoms with Crippen molar-refractivity contribution in [1.82, 2.24) is 10.6 Å². The van der Waals surface area contributed by atoms with E-state index in [-0.39, 0.29) is 13.0 Å². The van der Waals surface area contributed by atoms with Gasteiger partial charge in [-0.3, -0.25) is 10.6 Å². The van der Waals surface area contributed by atoms with E-state index in [9.17, 15) is 0 Å². The minimum Gasteiger partial charge on any atom is -0.381 e. The Kier molecular flexibility index (Phi) is 7.83. The molecule has 0 aliphatic carbocycles. The fraction of sp³-hybridized carbons (Fsp3) is 1.00. The second kappa shape index (κ2) is 7.94. The lowest BCUT2D eigenvalue weighted by atomic mass is 10.5. The van der Waals surface area contributed by atoms with E-state index >= 15 is 0 Å². The minimum absolute atomic E-state index is 0.0324. The van der Waals surface area contributed by atoms with Crippen molar-refractivity contribution in [3.63, 3.8) is 0 Å². The SMILES string of the molecule is CCOC(C)NCCNCO. The number of hydrogen-bond acceptors (Lipinski definition) is 4. The highest BCUT2D eigenvalue weighted by Gasteiger charge is 1.96. The van der Waals surface area contributed by atoms with Crippen LogP contribution in [0.5, 0.6) is 0 Å². The Hall–Kier alpha value is -0.160. The summed E-state index contributed by atoms with van der Waals surface area (Å²) in [5, 5.41) is 14.3. The largest absolute Gasteiger partial charge is 0.381 e. The molecule has 0 amide bonds. The Balaban J connectivity index is 2.97. The van der Waals surface area contributed by atoms with Gasteiger partial charge in [-0.05, 0) is 13.8 Å². The lowest BCUT2D eigenvalue weighted by Gasteiger charge is -2.13. The molecule has 0 spiro atoms. The van der Waals surface area contributed by atoms with E-state index < -0.39 is 0 Å². The highest BCUT2D eigenvalue weighted by Crippen LogP contribution is 1.82. The Bertz CT molecular complexity index is 80.8. The number of aliphatic hydroxyl groups excluding tert-OH is 1. The zero-order valence-corrected chi connectivity index (χ0v) is 7.26. The summed E-state index contributed by atoms with van der Waals surface area (Å²) in [5.41, 5.74) is 0. The summed E-state index contributed by atoms with van der Waals surface area (Å²) < 4.78 is 5.22. The van der Waals surface area contributed by atoms with E-state index in [0.29, 0.717) is 0 Å². The standard InChI is InChI=1S/C7H18N2O2/c1-3-11-7(2)9-5-4-8-6-10/h7-10H,3-6H2,1-2H3. The van der Waals surface area contributed by atoms with Gasteiger partial charge in [-0.25, -0.2) is 0 Å². The first-order chi connectivity index (χ1) is 5.31. The van der Waals surface area contributed by atoms with Crippen LogP contribution in [0, 0.1) is 0 Å². The molecule has 3 N–H and O–H groups in total. The van der Waals surface area contributed by atoms with Crippen LogP contribution in [0.4, 0.5) is 0 Å². The summed E-state index contributed by atoms with van der Waals surface area (Å²) >= 11 is 0. The molecule has 0 saturated carbocycles. The molecule has 0 rings (SSSR count). The van der Waals surface area contributed by atoms with E-state index in [1.165, 1.54) is 0 Å². The van der Waals surface area contributed by atoms with Crippen LogP contribution in [0.2, 0.25) is 0 Å². The quantitative estimate of drug-likeness (QED) is 0.349. The molecule has 0 fully saturated rings. The molecular weight excluding hydrogens is 144 g/mol. The molecule has 4 nitrogen and oxygen atoms in total. The van der Waals surface area contributed by atoms with Crippen molar-refractivity contribution in [2.45, 2.75) is 20.1 Å². The second-order valence-electron chi connectivity index (χ2n) is 2.21. The van der Waals surface area contributed by atoms with Gasteiger partial charge in [0.05, 0.1) is 6.73 Å². The van der Waals surface area contributed by atoms with Crippen molar-refractivity contribution in [2.24, 2.45) is 0 Å². The zero-order chi connectivity index (χ0) is 8.53. The molecule has 0 aliphatic heterocycles. The first-order valence-electron chi connectivity index (χ1n) is 3.97. The molecule has 68 valence electrons. The molecular formula is C7H18N2O2. The van der Waals surface area contributed by atoms with Crippen LogP contribution in [0.25, 0.3) is 0 Å². The Labute approximate surface area is 67.9 Å². The molecule has 0 aromatic rings. The van der Waals surface area contributed by atoms with Crippen LogP contribution >= 0.6 is 0 Å². The predicted octanol–water partition coefficient (Wildman–Crippen LogP) is -0.502. The maximum atomic E-state index is 8.36. The van der Waals surface area contributed by atoms with Crippen molar-refractivity contribution in [3.8, 4) is 0 Å². The fourth-order valence-corrected chi connectivity index (χ4v) is 0.752. The van der Waals surface area contributed by atoms with Gasteiger partial charge in [0.25, 0.3) is 0 Å². The van der Waals surface area contributed by atoms with Gasteiger partial charge in [0.2, 0.25) is 0 Å². The summed E-state index contributed by atoms with van der Waals surface area (Å²) in [4.78, 5) is 0. The third-order valence-electron chi connectivity index (χ3n) is 1.26. The topological polar surface area (TPSA) is 53.5 Å². The van der Waals surface area contributed by atoms with E-state index in [1.807, 2.05) is 13.8 Å². The molecule has 0 radical (unpaired) electrons. The molecule has 0 bridgehead atoms. The summed E-state index contributed by atoms with van der Waals surface area (Å²) in [7, 11) is 0. The molecule has 4 heteroatoms. The van der Waals surface area contributed by atoms with Gasteiger partial charge in [0.15, 0.2) is 0 Å². The van der Waals surface area contributed by atoms with Gasteiger partial charge in [-0.1, -0.05) is 0 Å². The Morgan fingerprint density at radius 2 is 2.18 bits per heavy atom. The van der Waals surface area contributed by atoms with Gasteiger partial charge < -0.3 is 9.84 Å². The fourth-order valence-electron chi connectivity index (χ4n) is 0.752. The summed E-state index contributed by atoms with van der Waals surface area (Å²) in [6.07, 6.45) is 0.0977. The molecule has 1 unspecified atom stereocenters. The van der Waals surface area contributed by atoms with E-state index in [1.54, 1.807) is 0 Å². The lowest BCUT2D eigenvalue weighted by Crippen LogP contribution is -2.35. The Morgan fingerprint density at radius 3 is 2.73 bits per heavy atom. The van der Waals surface area contributed by atoms with Crippen LogP contribution in [-0.4, -0.2) is 37.8 Å². The summed E-state index contributed by atoms with van der Waals surface area (Å²) in [6.45, 7) is 6.24. The van der Waals surface area contributed by atoms with Crippen LogP contribution < -0.4 is 10.6 Å². The smallest absolute Gasteiger partial charge is 0.105 e. The van der Waals surface area contributed by atoms with Gasteiger partial charge in [-0.15, -0.1) is 0 Å². The molecule has 0 heterocycles. The number of nitrogens with one attached hydrogen (secondary N) is 2. The first-order valence-corrected chi connectivity index (χ1v) is 3.97. The van der Waals surface area contributed by atoms with Crippen molar-refractivity contribution < 1.29 is 9.84 Å². The molecule has 0 saturated heterocycles. The van der Waals surface area contributed by atoms with Gasteiger partial charge in [0.1, 0.15) is 6.23 Å². The monoisotopic (exact) mass is 162 g/mol. The first kappa shape index (κ1) is 10.8. The maximum Gasteiger partial charge on any atom is 0.105 e. The zero-order valence-electron chi connectivity index (χ0n) is 7.26. The van der Waals surface area contributed by atoms with Gasteiger partial charge in [0, 0.05) is 19.7 Å². The van der Waals surface area contributed by atoms with Crippen molar-refractivity contribution in [2.75, 3.05) is 26.4 Å². The van der Waals surface area contributed by atoms with Crippen LogP contribution in [0.1, 0.15) is 13.8 Å². The highest BCUT2D eigenvalue weighted by molar-refractivity contribution is 4.50. The number of rotatable bonds is 7. The number of hydrogen-bond donors (Lipinski definition) is 3. The molecule has 1 atom stereocenters. The average molecular weight is 162 g/mol. The molecule has 11 heavy (non-hydrogen) atoms. The van der Waals surface area contributed by atoms with E-state index in [2.05, 4.69) is 10.6 Å². The molecule has 0 aromatic heterocycles. The lowest BCUT2D eigenvalue weighted by molar-refractivity contribution is 0.0520. The maximum absolute atomic E-state index is 8.36. The molecule has 0 aliphatic rings. The Morgan fingerprint density at radius 1 is 1.45 bits per heavy atom. The van der Waals surface area contributed by atoms with E-state index in [4.69, 9.17) is 9.84 Å². The average Bonchev–Trinajstić information content (AvgIpc) is 1.99. The normalized spacial score (nSPS) is 13.4. The van der Waals surface area contributed by atoms with Gasteiger partial charge >= 0.3 is 0 Å². The van der Waals surface area contributed by atoms with Crippen molar-refractivity contribution >= 4 is 0 Å². The highest BCUT2D eigenvalue weighted by atomic mass is 16.5. The summed E-state index contributed by atoms with van der Waals surface area (Å²) in [5.74, 6) is 0. The summed E-state index contributed by atoms with van der Waals surface area (Å²) in [6, 6.07) is 0. The number of aliphatic hydroxyl groups is 1. The molecule has 0 aromatic carbocycles. The number of ether oxygens (including phenoxy) is 1. The van der Waals surface area contributed by atoms with Gasteiger partial charge in [-0.2, -0.15) is 0 Å². The second-order valence-corrected chi connectivity index (χ2v) is 2.21. The van der Waals surface area contributed by atoms with Crippen molar-refractivity contribution in [1.29, 1.82) is 0 Å². The van der Waals surface area contributed by atoms with Crippen LogP contribution in [0.3, 0.4) is 0 Å². The predicted molar refractivity (Wildman–Crippen MR) is 44.2 cm³/mol. The van der Waals surface area contributed by atoms with Crippen LogP contribution in [-0.2, 0) is 4.74 Å². The minimum atomic E-state index is 0.0324. The van der Waals surface area contributed by atoms with Crippen molar-refractivity contribution in [3.05, 3.63) is 0 Å². The van der Waals surface area contributed by atoms with E-state index in [0.717, 1.165) is 19.7 Å². The van der Waals surface area contributed by atoms with Crippen LogP contribution in [0.15, 0.2) is 0 Å². The third-order valence-corrected chi connectivity index (χ3v) is 1.26.